The van der Waals surface area contributed by atoms with Gasteiger partial charge in [0.25, 0.3) is 0 Å². The van der Waals surface area contributed by atoms with Crippen molar-refractivity contribution in [2.45, 2.75) is 38.3 Å². The van der Waals surface area contributed by atoms with Gasteiger partial charge in [-0.1, -0.05) is 18.2 Å². The molecule has 0 bridgehead atoms. The molecular weight excluding hydrogens is 349 g/mol. The van der Waals surface area contributed by atoms with Crippen LogP contribution in [-0.4, -0.2) is 72.6 Å². The van der Waals surface area contributed by atoms with Gasteiger partial charge in [-0.05, 0) is 31.7 Å². The van der Waals surface area contributed by atoms with E-state index in [4.69, 9.17) is 4.74 Å². The van der Waals surface area contributed by atoms with E-state index in [0.717, 1.165) is 25.8 Å². The number of amides is 2. The number of likely N-dealkylation sites (tertiary alicyclic amines) is 1. The predicted octanol–water partition coefficient (Wildman–Crippen LogP) is 2.48. The molecule has 0 radical (unpaired) electrons. The van der Waals surface area contributed by atoms with Crippen LogP contribution in [0.25, 0.3) is 0 Å². The van der Waals surface area contributed by atoms with E-state index in [2.05, 4.69) is 4.90 Å². The first-order valence-corrected chi connectivity index (χ1v) is 9.69. The molecule has 0 aliphatic carbocycles. The van der Waals surface area contributed by atoms with Crippen LogP contribution in [0, 0.1) is 5.82 Å². The van der Waals surface area contributed by atoms with Gasteiger partial charge in [0.05, 0.1) is 7.11 Å². The number of rotatable bonds is 3. The highest BCUT2D eigenvalue weighted by atomic mass is 19.1. The molecule has 7 heteroatoms. The zero-order valence-corrected chi connectivity index (χ0v) is 15.9. The van der Waals surface area contributed by atoms with Crippen LogP contribution in [-0.2, 0) is 16.1 Å². The number of benzene rings is 1. The molecule has 0 N–H and O–H groups in total. The number of hydrogen-bond donors (Lipinski definition) is 0. The molecule has 148 valence electrons. The third-order valence-electron chi connectivity index (χ3n) is 5.45. The van der Waals surface area contributed by atoms with Crippen molar-refractivity contribution in [1.29, 1.82) is 0 Å². The molecule has 0 aromatic heterocycles. The Labute approximate surface area is 159 Å². The Balaban J connectivity index is 1.60. The minimum absolute atomic E-state index is 0.00726. The average Bonchev–Trinajstić information content (AvgIpc) is 2.94. The molecule has 2 heterocycles. The zero-order chi connectivity index (χ0) is 19.2. The van der Waals surface area contributed by atoms with Gasteiger partial charge in [0.1, 0.15) is 11.9 Å². The number of piperidine rings is 1. The monoisotopic (exact) mass is 377 g/mol. The minimum Gasteiger partial charge on any atom is -0.453 e. The maximum absolute atomic E-state index is 13.9. The number of carbonyl (C=O) groups is 2. The highest BCUT2D eigenvalue weighted by molar-refractivity contribution is 5.86. The largest absolute Gasteiger partial charge is 0.453 e. The summed E-state index contributed by atoms with van der Waals surface area (Å²) < 4.78 is 18.8. The molecule has 1 aromatic carbocycles. The summed E-state index contributed by atoms with van der Waals surface area (Å²) in [6, 6.07) is 6.40. The van der Waals surface area contributed by atoms with E-state index in [1.54, 1.807) is 17.0 Å². The van der Waals surface area contributed by atoms with Crippen LogP contribution in [0.1, 0.15) is 31.2 Å². The Hall–Kier alpha value is -2.15. The fraction of sp³-hybridized carbons (Fsp3) is 0.600. The van der Waals surface area contributed by atoms with Crippen LogP contribution >= 0.6 is 0 Å². The lowest BCUT2D eigenvalue weighted by atomic mass is 10.0. The van der Waals surface area contributed by atoms with Crippen LogP contribution in [0.4, 0.5) is 9.18 Å². The normalized spacial score (nSPS) is 21.6. The third kappa shape index (κ3) is 4.77. The highest BCUT2D eigenvalue weighted by Gasteiger charge is 2.35. The van der Waals surface area contributed by atoms with Crippen molar-refractivity contribution >= 4 is 12.0 Å². The maximum atomic E-state index is 13.9. The van der Waals surface area contributed by atoms with Gasteiger partial charge in [0.15, 0.2) is 0 Å². The Kier molecular flexibility index (Phi) is 6.66. The van der Waals surface area contributed by atoms with Crippen molar-refractivity contribution in [2.24, 2.45) is 0 Å². The number of nitrogens with zero attached hydrogens (tertiary/aromatic N) is 3. The molecule has 6 nitrogen and oxygen atoms in total. The molecule has 0 saturated carbocycles. The molecule has 0 spiro atoms. The molecule has 2 saturated heterocycles. The van der Waals surface area contributed by atoms with Crippen molar-refractivity contribution in [3.8, 4) is 0 Å². The summed E-state index contributed by atoms with van der Waals surface area (Å²) in [5.74, 6) is -0.182. The van der Waals surface area contributed by atoms with Crippen LogP contribution in [0.3, 0.4) is 0 Å². The van der Waals surface area contributed by atoms with Crippen molar-refractivity contribution < 1.29 is 18.7 Å². The molecule has 2 fully saturated rings. The van der Waals surface area contributed by atoms with Gasteiger partial charge < -0.3 is 9.64 Å². The Morgan fingerprint density at radius 2 is 1.89 bits per heavy atom. The quantitative estimate of drug-likeness (QED) is 0.812. The van der Waals surface area contributed by atoms with E-state index in [1.165, 1.54) is 13.2 Å². The van der Waals surface area contributed by atoms with Gasteiger partial charge in [0, 0.05) is 44.8 Å². The highest BCUT2D eigenvalue weighted by Crippen LogP contribution is 2.21. The maximum Gasteiger partial charge on any atom is 0.410 e. The molecule has 2 amide bonds. The number of carbonyl (C=O) groups excluding carboxylic acids is 2. The van der Waals surface area contributed by atoms with E-state index >= 15 is 0 Å². The van der Waals surface area contributed by atoms with Gasteiger partial charge in [-0.25, -0.2) is 9.18 Å². The van der Waals surface area contributed by atoms with Gasteiger partial charge in [-0.15, -0.1) is 0 Å². The van der Waals surface area contributed by atoms with Gasteiger partial charge in [0.2, 0.25) is 5.91 Å². The van der Waals surface area contributed by atoms with Crippen molar-refractivity contribution in [3.05, 3.63) is 35.6 Å². The topological polar surface area (TPSA) is 53.1 Å². The fourth-order valence-corrected chi connectivity index (χ4v) is 3.95. The number of halogens is 1. The second-order valence-electron chi connectivity index (χ2n) is 7.22. The summed E-state index contributed by atoms with van der Waals surface area (Å²) >= 11 is 0. The SMILES string of the molecule is COC(=O)N1CCCC[C@H]1C(=O)N1CCCN(Cc2ccccc2F)CC1. The molecular formula is C20H28FN3O3. The Morgan fingerprint density at radius 1 is 1.07 bits per heavy atom. The van der Waals surface area contributed by atoms with Crippen LogP contribution in [0.5, 0.6) is 0 Å². The lowest BCUT2D eigenvalue weighted by molar-refractivity contribution is -0.137. The molecule has 0 unspecified atom stereocenters. The third-order valence-corrected chi connectivity index (χ3v) is 5.45. The second-order valence-corrected chi connectivity index (χ2v) is 7.22. The second kappa shape index (κ2) is 9.17. The first kappa shape index (κ1) is 19.6. The molecule has 27 heavy (non-hydrogen) atoms. The molecule has 1 atom stereocenters. The smallest absolute Gasteiger partial charge is 0.410 e. The standard InChI is InChI=1S/C20H28FN3O3/c1-27-20(26)24-12-5-4-9-18(24)19(25)23-11-6-10-22(13-14-23)15-16-7-2-3-8-17(16)21/h2-3,7-8,18H,4-6,9-15H2,1H3/t18-/m0/s1. The fourth-order valence-electron chi connectivity index (χ4n) is 3.95. The predicted molar refractivity (Wildman–Crippen MR) is 99.6 cm³/mol. The molecule has 3 rings (SSSR count). The lowest BCUT2D eigenvalue weighted by Crippen LogP contribution is -2.53. The Bertz CT molecular complexity index is 670. The van der Waals surface area contributed by atoms with Crippen LogP contribution < -0.4 is 0 Å². The summed E-state index contributed by atoms with van der Waals surface area (Å²) in [5.41, 5.74) is 0.682. The zero-order valence-electron chi connectivity index (χ0n) is 15.9. The summed E-state index contributed by atoms with van der Waals surface area (Å²) in [7, 11) is 1.35. The lowest BCUT2D eigenvalue weighted by Gasteiger charge is -2.36. The summed E-state index contributed by atoms with van der Waals surface area (Å²) in [4.78, 5) is 30.7. The van der Waals surface area contributed by atoms with E-state index in [0.29, 0.717) is 44.7 Å². The van der Waals surface area contributed by atoms with Gasteiger partial charge >= 0.3 is 6.09 Å². The molecule has 1 aromatic rings. The van der Waals surface area contributed by atoms with Crippen LogP contribution in [0.15, 0.2) is 24.3 Å². The number of hydrogen-bond acceptors (Lipinski definition) is 4. The van der Waals surface area contributed by atoms with Crippen LogP contribution in [0.2, 0.25) is 0 Å². The molecule has 2 aliphatic rings. The molecule has 2 aliphatic heterocycles. The van der Waals surface area contributed by atoms with Crippen molar-refractivity contribution in [3.63, 3.8) is 0 Å². The van der Waals surface area contributed by atoms with Crippen molar-refractivity contribution in [2.75, 3.05) is 39.8 Å². The first-order valence-electron chi connectivity index (χ1n) is 9.69. The van der Waals surface area contributed by atoms with E-state index in [-0.39, 0.29) is 11.7 Å². The summed E-state index contributed by atoms with van der Waals surface area (Å²) in [6.07, 6.45) is 2.94. The number of methoxy groups -OCH3 is 1. The van der Waals surface area contributed by atoms with Gasteiger partial charge in [-0.3, -0.25) is 14.6 Å². The van der Waals surface area contributed by atoms with E-state index in [9.17, 15) is 14.0 Å². The average molecular weight is 377 g/mol. The number of ether oxygens (including phenoxy) is 1. The Morgan fingerprint density at radius 3 is 2.67 bits per heavy atom. The van der Waals surface area contributed by atoms with Crippen molar-refractivity contribution in [1.82, 2.24) is 14.7 Å². The van der Waals surface area contributed by atoms with E-state index in [1.807, 2.05) is 11.0 Å². The minimum atomic E-state index is -0.427. The van der Waals surface area contributed by atoms with Gasteiger partial charge in [-0.2, -0.15) is 0 Å². The van der Waals surface area contributed by atoms with E-state index < -0.39 is 12.1 Å². The summed E-state index contributed by atoms with van der Waals surface area (Å²) in [6.45, 7) is 3.90. The summed E-state index contributed by atoms with van der Waals surface area (Å²) in [5, 5.41) is 0. The first-order chi connectivity index (χ1) is 13.1.